The average Bonchev–Trinajstić information content (AvgIpc) is 2.54. The van der Waals surface area contributed by atoms with Gasteiger partial charge in [-0.15, -0.1) is 0 Å². The fourth-order valence-electron chi connectivity index (χ4n) is 2.78. The average molecular weight is 277 g/mol. The number of piperidine rings is 1. The molecule has 4 heteroatoms. The Hall–Kier alpha value is -1.39. The first-order valence-corrected chi connectivity index (χ1v) is 7.24. The SMILES string of the molecule is CCC1(CO)CCN(C(=O)[C@@H](O)c2ccccc2)CC1. The fourth-order valence-corrected chi connectivity index (χ4v) is 2.78. The molecular formula is C16H23NO3. The predicted molar refractivity (Wildman–Crippen MR) is 77.0 cm³/mol. The number of nitrogens with zero attached hydrogens (tertiary/aromatic N) is 1. The van der Waals surface area contributed by atoms with Gasteiger partial charge in [0.05, 0.1) is 0 Å². The minimum atomic E-state index is -1.08. The number of carbonyl (C=O) groups is 1. The molecule has 110 valence electrons. The van der Waals surface area contributed by atoms with Crippen LogP contribution >= 0.6 is 0 Å². The maximum atomic E-state index is 12.3. The molecule has 0 aromatic heterocycles. The van der Waals surface area contributed by atoms with Gasteiger partial charge < -0.3 is 15.1 Å². The summed E-state index contributed by atoms with van der Waals surface area (Å²) in [5, 5.41) is 19.6. The zero-order valence-corrected chi connectivity index (χ0v) is 12.0. The first-order valence-electron chi connectivity index (χ1n) is 7.24. The van der Waals surface area contributed by atoms with Gasteiger partial charge in [0.1, 0.15) is 0 Å². The molecule has 1 aromatic carbocycles. The molecule has 1 aliphatic rings. The first kappa shape index (κ1) is 15.0. The van der Waals surface area contributed by atoms with Crippen LogP contribution in [0.5, 0.6) is 0 Å². The van der Waals surface area contributed by atoms with Crippen molar-refractivity contribution in [2.24, 2.45) is 5.41 Å². The van der Waals surface area contributed by atoms with Crippen LogP contribution in [-0.2, 0) is 4.79 Å². The summed E-state index contributed by atoms with van der Waals surface area (Å²) in [6, 6.07) is 9.01. The summed E-state index contributed by atoms with van der Waals surface area (Å²) < 4.78 is 0. The van der Waals surface area contributed by atoms with Crippen molar-refractivity contribution in [3.8, 4) is 0 Å². The van der Waals surface area contributed by atoms with Gasteiger partial charge in [0, 0.05) is 19.7 Å². The summed E-state index contributed by atoms with van der Waals surface area (Å²) in [5.41, 5.74) is 0.584. The number of hydrogen-bond acceptors (Lipinski definition) is 3. The Morgan fingerprint density at radius 1 is 1.30 bits per heavy atom. The van der Waals surface area contributed by atoms with Crippen molar-refractivity contribution in [3.63, 3.8) is 0 Å². The Labute approximate surface area is 120 Å². The van der Waals surface area contributed by atoms with E-state index in [-0.39, 0.29) is 17.9 Å². The Balaban J connectivity index is 1.98. The second kappa shape index (κ2) is 6.37. The van der Waals surface area contributed by atoms with Gasteiger partial charge in [-0.05, 0) is 30.2 Å². The van der Waals surface area contributed by atoms with Gasteiger partial charge in [-0.1, -0.05) is 37.3 Å². The Morgan fingerprint density at radius 2 is 1.90 bits per heavy atom. The molecule has 0 unspecified atom stereocenters. The van der Waals surface area contributed by atoms with Crippen LogP contribution in [0.25, 0.3) is 0 Å². The van der Waals surface area contributed by atoms with E-state index in [4.69, 9.17) is 0 Å². The molecule has 0 spiro atoms. The molecule has 0 bridgehead atoms. The van der Waals surface area contributed by atoms with E-state index in [9.17, 15) is 15.0 Å². The number of benzene rings is 1. The lowest BCUT2D eigenvalue weighted by Gasteiger charge is -2.40. The number of likely N-dealkylation sites (tertiary alicyclic amines) is 1. The second-order valence-electron chi connectivity index (χ2n) is 5.65. The van der Waals surface area contributed by atoms with Crippen LogP contribution in [0.2, 0.25) is 0 Å². The zero-order chi connectivity index (χ0) is 14.6. The first-order chi connectivity index (χ1) is 9.62. The molecule has 0 aliphatic carbocycles. The third-order valence-corrected chi connectivity index (χ3v) is 4.57. The lowest BCUT2D eigenvalue weighted by Crippen LogP contribution is -2.46. The van der Waals surface area contributed by atoms with E-state index in [0.29, 0.717) is 18.7 Å². The van der Waals surface area contributed by atoms with Crippen LogP contribution < -0.4 is 0 Å². The number of aliphatic hydroxyl groups excluding tert-OH is 2. The highest BCUT2D eigenvalue weighted by molar-refractivity contribution is 5.82. The van der Waals surface area contributed by atoms with E-state index in [1.807, 2.05) is 18.2 Å². The van der Waals surface area contributed by atoms with Crippen molar-refractivity contribution in [1.82, 2.24) is 4.90 Å². The lowest BCUT2D eigenvalue weighted by atomic mass is 9.77. The highest BCUT2D eigenvalue weighted by atomic mass is 16.3. The summed E-state index contributed by atoms with van der Waals surface area (Å²) in [7, 11) is 0. The largest absolute Gasteiger partial charge is 0.396 e. The van der Waals surface area contributed by atoms with Crippen molar-refractivity contribution < 1.29 is 15.0 Å². The molecule has 2 rings (SSSR count). The molecular weight excluding hydrogens is 254 g/mol. The Bertz CT molecular complexity index is 432. The van der Waals surface area contributed by atoms with E-state index >= 15 is 0 Å². The summed E-state index contributed by atoms with van der Waals surface area (Å²) in [6.45, 7) is 3.47. The van der Waals surface area contributed by atoms with Gasteiger partial charge in [0.15, 0.2) is 6.10 Å². The summed E-state index contributed by atoms with van der Waals surface area (Å²) in [6.07, 6.45) is 1.44. The third-order valence-electron chi connectivity index (χ3n) is 4.57. The lowest BCUT2D eigenvalue weighted by molar-refractivity contribution is -0.143. The molecule has 2 N–H and O–H groups in total. The highest BCUT2D eigenvalue weighted by Crippen LogP contribution is 2.34. The van der Waals surface area contributed by atoms with E-state index in [0.717, 1.165) is 19.3 Å². The van der Waals surface area contributed by atoms with Crippen LogP contribution in [0.15, 0.2) is 30.3 Å². The van der Waals surface area contributed by atoms with Gasteiger partial charge in [-0.3, -0.25) is 4.79 Å². The molecule has 20 heavy (non-hydrogen) atoms. The molecule has 1 aromatic rings. The molecule has 0 saturated carbocycles. The zero-order valence-electron chi connectivity index (χ0n) is 12.0. The number of carbonyl (C=O) groups excluding carboxylic acids is 1. The van der Waals surface area contributed by atoms with E-state index < -0.39 is 6.10 Å². The maximum Gasteiger partial charge on any atom is 0.256 e. The minimum Gasteiger partial charge on any atom is -0.396 e. The van der Waals surface area contributed by atoms with Gasteiger partial charge in [0.25, 0.3) is 5.91 Å². The third kappa shape index (κ3) is 3.02. The molecule has 1 aliphatic heterocycles. The number of rotatable bonds is 4. The number of aliphatic hydroxyl groups is 2. The van der Waals surface area contributed by atoms with Gasteiger partial charge in [-0.25, -0.2) is 0 Å². The molecule has 1 saturated heterocycles. The van der Waals surface area contributed by atoms with E-state index in [2.05, 4.69) is 6.92 Å². The summed E-state index contributed by atoms with van der Waals surface area (Å²) >= 11 is 0. The number of amides is 1. The van der Waals surface area contributed by atoms with Crippen molar-refractivity contribution >= 4 is 5.91 Å². The molecule has 1 atom stereocenters. The molecule has 1 amide bonds. The highest BCUT2D eigenvalue weighted by Gasteiger charge is 2.35. The van der Waals surface area contributed by atoms with Crippen LogP contribution in [-0.4, -0.2) is 40.7 Å². The van der Waals surface area contributed by atoms with Crippen molar-refractivity contribution in [2.45, 2.75) is 32.3 Å². The molecule has 0 radical (unpaired) electrons. The summed E-state index contributed by atoms with van der Waals surface area (Å²) in [5.74, 6) is -0.237. The Morgan fingerprint density at radius 3 is 2.40 bits per heavy atom. The van der Waals surface area contributed by atoms with Crippen LogP contribution in [0, 0.1) is 5.41 Å². The number of hydrogen-bond donors (Lipinski definition) is 2. The quantitative estimate of drug-likeness (QED) is 0.881. The summed E-state index contributed by atoms with van der Waals surface area (Å²) in [4.78, 5) is 14.0. The second-order valence-corrected chi connectivity index (χ2v) is 5.65. The van der Waals surface area contributed by atoms with Crippen molar-refractivity contribution in [2.75, 3.05) is 19.7 Å². The smallest absolute Gasteiger partial charge is 0.256 e. The van der Waals surface area contributed by atoms with Gasteiger partial charge in [-0.2, -0.15) is 0 Å². The molecule has 1 fully saturated rings. The topological polar surface area (TPSA) is 60.8 Å². The standard InChI is InChI=1S/C16H23NO3/c1-2-16(12-18)8-10-17(11-9-16)15(20)14(19)13-6-4-3-5-7-13/h3-7,14,18-19H,2,8-12H2,1H3/t14-/m0/s1. The molecule has 1 heterocycles. The van der Waals surface area contributed by atoms with E-state index in [1.165, 1.54) is 0 Å². The van der Waals surface area contributed by atoms with Crippen molar-refractivity contribution in [3.05, 3.63) is 35.9 Å². The van der Waals surface area contributed by atoms with Gasteiger partial charge in [0.2, 0.25) is 0 Å². The predicted octanol–water partition coefficient (Wildman–Crippen LogP) is 1.73. The van der Waals surface area contributed by atoms with Crippen LogP contribution in [0.4, 0.5) is 0 Å². The monoisotopic (exact) mass is 277 g/mol. The molecule has 4 nitrogen and oxygen atoms in total. The van der Waals surface area contributed by atoms with Crippen LogP contribution in [0.3, 0.4) is 0 Å². The van der Waals surface area contributed by atoms with E-state index in [1.54, 1.807) is 17.0 Å². The van der Waals surface area contributed by atoms with Crippen molar-refractivity contribution in [1.29, 1.82) is 0 Å². The van der Waals surface area contributed by atoms with Gasteiger partial charge >= 0.3 is 0 Å². The fraction of sp³-hybridized carbons (Fsp3) is 0.562. The Kier molecular flexibility index (Phi) is 4.78. The minimum absolute atomic E-state index is 0.0471. The normalized spacial score (nSPS) is 19.6. The van der Waals surface area contributed by atoms with Crippen LogP contribution in [0.1, 0.15) is 37.9 Å². The maximum absolute atomic E-state index is 12.3.